The number of hydrazone groups is 1. The van der Waals surface area contributed by atoms with Crippen LogP contribution in [0.5, 0.6) is 5.75 Å². The lowest BCUT2D eigenvalue weighted by molar-refractivity contribution is 0.0929. The number of carbonyl (C=O) groups is 1. The highest BCUT2D eigenvalue weighted by atomic mass is 35.5. The Morgan fingerprint density at radius 3 is 2.71 bits per heavy atom. The second kappa shape index (κ2) is 9.49. The Kier molecular flexibility index (Phi) is 6.24. The van der Waals surface area contributed by atoms with Crippen LogP contribution in [0.4, 0.5) is 0 Å². The van der Waals surface area contributed by atoms with Crippen molar-refractivity contribution in [3.8, 4) is 5.75 Å². The van der Waals surface area contributed by atoms with Crippen LogP contribution in [-0.2, 0) is 6.54 Å². The smallest absolute Gasteiger partial charge is 0.307 e. The van der Waals surface area contributed by atoms with Crippen molar-refractivity contribution in [3.05, 3.63) is 99.4 Å². The Morgan fingerprint density at radius 1 is 1.09 bits per heavy atom. The highest BCUT2D eigenvalue weighted by Gasteiger charge is 2.16. The molecule has 3 aromatic carbocycles. The molecule has 35 heavy (non-hydrogen) atoms. The number of furan rings is 1. The van der Waals surface area contributed by atoms with Gasteiger partial charge in [0.05, 0.1) is 23.4 Å². The van der Waals surface area contributed by atoms with Crippen molar-refractivity contribution >= 4 is 57.2 Å². The molecular formula is C27H21Cl2N3O3. The predicted octanol–water partition coefficient (Wildman–Crippen LogP) is 6.82. The minimum atomic E-state index is -0.447. The lowest BCUT2D eigenvalue weighted by Gasteiger charge is -2.09. The molecule has 1 amide bonds. The van der Waals surface area contributed by atoms with Gasteiger partial charge in [0.2, 0.25) is 0 Å². The van der Waals surface area contributed by atoms with E-state index in [1.54, 1.807) is 31.5 Å². The van der Waals surface area contributed by atoms with Crippen LogP contribution in [0.15, 0.2) is 76.2 Å². The molecule has 8 heteroatoms. The molecule has 0 fully saturated rings. The minimum absolute atomic E-state index is 0.153. The van der Waals surface area contributed by atoms with Gasteiger partial charge in [-0.05, 0) is 42.8 Å². The fraction of sp³-hybridized carbons (Fsp3) is 0.111. The van der Waals surface area contributed by atoms with Gasteiger partial charge in [-0.15, -0.1) is 0 Å². The number of nitrogens with zero attached hydrogens (tertiary/aromatic N) is 2. The van der Waals surface area contributed by atoms with Gasteiger partial charge in [0, 0.05) is 34.1 Å². The number of carbonyl (C=O) groups excluding carboxylic acids is 1. The number of hydrogen-bond acceptors (Lipinski definition) is 4. The number of halogens is 2. The predicted molar refractivity (Wildman–Crippen MR) is 140 cm³/mol. The lowest BCUT2D eigenvalue weighted by Crippen LogP contribution is -2.16. The maximum absolute atomic E-state index is 12.7. The molecule has 5 rings (SSSR count). The van der Waals surface area contributed by atoms with Gasteiger partial charge >= 0.3 is 5.91 Å². The fourth-order valence-electron chi connectivity index (χ4n) is 4.16. The largest absolute Gasteiger partial charge is 0.493 e. The van der Waals surface area contributed by atoms with Gasteiger partial charge in [-0.25, -0.2) is 5.43 Å². The van der Waals surface area contributed by atoms with Crippen LogP contribution in [0.3, 0.4) is 0 Å². The monoisotopic (exact) mass is 505 g/mol. The van der Waals surface area contributed by atoms with Crippen molar-refractivity contribution in [2.24, 2.45) is 5.10 Å². The zero-order chi connectivity index (χ0) is 24.5. The molecule has 0 saturated heterocycles. The highest BCUT2D eigenvalue weighted by molar-refractivity contribution is 6.42. The molecule has 2 aromatic heterocycles. The Labute approximate surface area is 211 Å². The SMILES string of the molecule is COc1cccc2cc(C(=O)N/N=C\c3c(C)n(Cc4ccc(Cl)c(Cl)c4)c4ccccc34)oc12. The Bertz CT molecular complexity index is 1600. The molecule has 0 aliphatic carbocycles. The Balaban J connectivity index is 1.42. The minimum Gasteiger partial charge on any atom is -0.493 e. The zero-order valence-corrected chi connectivity index (χ0v) is 20.5. The third kappa shape index (κ3) is 4.38. The molecule has 0 unspecified atom stereocenters. The van der Waals surface area contributed by atoms with E-state index in [4.69, 9.17) is 32.4 Å². The summed E-state index contributed by atoms with van der Waals surface area (Å²) in [6.45, 7) is 2.64. The van der Waals surface area contributed by atoms with Gasteiger partial charge in [-0.2, -0.15) is 5.10 Å². The van der Waals surface area contributed by atoms with E-state index >= 15 is 0 Å². The summed E-state index contributed by atoms with van der Waals surface area (Å²) < 4.78 is 13.2. The van der Waals surface area contributed by atoms with E-state index in [1.165, 1.54) is 0 Å². The third-order valence-corrected chi connectivity index (χ3v) is 6.65. The summed E-state index contributed by atoms with van der Waals surface area (Å²) in [5.41, 5.74) is 7.07. The lowest BCUT2D eigenvalue weighted by atomic mass is 10.1. The molecule has 2 heterocycles. The summed E-state index contributed by atoms with van der Waals surface area (Å²) in [7, 11) is 1.56. The topological polar surface area (TPSA) is 68.8 Å². The van der Waals surface area contributed by atoms with E-state index in [0.29, 0.717) is 27.9 Å². The molecule has 0 bridgehead atoms. The Hall–Kier alpha value is -3.74. The van der Waals surface area contributed by atoms with Crippen LogP contribution in [0.1, 0.15) is 27.4 Å². The normalized spacial score (nSPS) is 11.5. The van der Waals surface area contributed by atoms with Gasteiger partial charge in [0.25, 0.3) is 0 Å². The molecule has 176 valence electrons. The molecule has 0 spiro atoms. The van der Waals surface area contributed by atoms with Crippen molar-refractivity contribution in [1.82, 2.24) is 9.99 Å². The number of benzene rings is 3. The fourth-order valence-corrected chi connectivity index (χ4v) is 4.49. The number of rotatable bonds is 6. The number of nitrogens with one attached hydrogen (secondary N) is 1. The summed E-state index contributed by atoms with van der Waals surface area (Å²) in [4.78, 5) is 12.7. The van der Waals surface area contributed by atoms with Gasteiger partial charge in [0.15, 0.2) is 17.1 Å². The van der Waals surface area contributed by atoms with Crippen LogP contribution in [-0.4, -0.2) is 23.8 Å². The quantitative estimate of drug-likeness (QED) is 0.203. The zero-order valence-electron chi connectivity index (χ0n) is 19.0. The molecule has 0 saturated carbocycles. The van der Waals surface area contributed by atoms with E-state index in [2.05, 4.69) is 21.2 Å². The van der Waals surface area contributed by atoms with Crippen molar-refractivity contribution in [2.75, 3.05) is 7.11 Å². The number of ether oxygens (including phenoxy) is 1. The summed E-state index contributed by atoms with van der Waals surface area (Å²) in [6, 6.07) is 20.8. The standard InChI is InChI=1S/C27H21Cl2N3O3/c1-16-20(14-30-31-27(33)25-13-18-6-5-9-24(34-2)26(18)35-25)19-7-3-4-8-23(19)32(16)15-17-10-11-21(28)22(29)12-17/h3-14H,15H2,1-2H3,(H,31,33)/b30-14-. The summed E-state index contributed by atoms with van der Waals surface area (Å²) in [5.74, 6) is 0.271. The van der Waals surface area contributed by atoms with E-state index in [9.17, 15) is 4.79 Å². The molecule has 0 radical (unpaired) electrons. The molecule has 5 aromatic rings. The van der Waals surface area contributed by atoms with Crippen LogP contribution in [0, 0.1) is 6.92 Å². The first kappa shape index (κ1) is 23.0. The first-order chi connectivity index (χ1) is 17.0. The first-order valence-corrected chi connectivity index (χ1v) is 11.6. The number of para-hydroxylation sites is 2. The highest BCUT2D eigenvalue weighted by Crippen LogP contribution is 2.29. The van der Waals surface area contributed by atoms with E-state index in [0.717, 1.165) is 33.1 Å². The number of methoxy groups -OCH3 is 1. The van der Waals surface area contributed by atoms with Crippen LogP contribution >= 0.6 is 23.2 Å². The van der Waals surface area contributed by atoms with E-state index in [1.807, 2.05) is 49.4 Å². The number of amides is 1. The van der Waals surface area contributed by atoms with Crippen LogP contribution in [0.2, 0.25) is 10.0 Å². The second-order valence-corrected chi connectivity index (χ2v) is 8.85. The van der Waals surface area contributed by atoms with Gasteiger partial charge in [-0.1, -0.05) is 59.6 Å². The molecule has 0 aliphatic heterocycles. The van der Waals surface area contributed by atoms with Crippen molar-refractivity contribution in [3.63, 3.8) is 0 Å². The average Bonchev–Trinajstić information content (AvgIpc) is 3.41. The van der Waals surface area contributed by atoms with Crippen molar-refractivity contribution in [1.29, 1.82) is 0 Å². The second-order valence-electron chi connectivity index (χ2n) is 8.04. The van der Waals surface area contributed by atoms with Gasteiger partial charge in [-0.3, -0.25) is 4.79 Å². The van der Waals surface area contributed by atoms with Gasteiger partial charge < -0.3 is 13.7 Å². The maximum Gasteiger partial charge on any atom is 0.307 e. The number of hydrogen-bond donors (Lipinski definition) is 1. The summed E-state index contributed by atoms with van der Waals surface area (Å²) >= 11 is 12.3. The van der Waals surface area contributed by atoms with Gasteiger partial charge in [0.1, 0.15) is 0 Å². The maximum atomic E-state index is 12.7. The molecule has 0 atom stereocenters. The average molecular weight is 506 g/mol. The van der Waals surface area contributed by atoms with E-state index < -0.39 is 5.91 Å². The first-order valence-electron chi connectivity index (χ1n) is 10.9. The van der Waals surface area contributed by atoms with Crippen LogP contribution in [0.25, 0.3) is 21.9 Å². The molecule has 6 nitrogen and oxygen atoms in total. The molecule has 0 aliphatic rings. The van der Waals surface area contributed by atoms with E-state index in [-0.39, 0.29) is 5.76 Å². The summed E-state index contributed by atoms with van der Waals surface area (Å²) in [5, 5.41) is 7.07. The number of aromatic nitrogens is 1. The molecular weight excluding hydrogens is 485 g/mol. The Morgan fingerprint density at radius 2 is 1.91 bits per heavy atom. The number of fused-ring (bicyclic) bond motifs is 2. The molecule has 1 N–H and O–H groups in total. The van der Waals surface area contributed by atoms with Crippen molar-refractivity contribution in [2.45, 2.75) is 13.5 Å². The van der Waals surface area contributed by atoms with Crippen LogP contribution < -0.4 is 10.2 Å². The summed E-state index contributed by atoms with van der Waals surface area (Å²) in [6.07, 6.45) is 1.66. The third-order valence-electron chi connectivity index (χ3n) is 5.92. The van der Waals surface area contributed by atoms with Crippen molar-refractivity contribution < 1.29 is 13.9 Å².